The average Bonchev–Trinajstić information content (AvgIpc) is 2.79. The van der Waals surface area contributed by atoms with Gasteiger partial charge < -0.3 is 65.6 Å². The highest BCUT2D eigenvalue weighted by atomic mass is 35.5. The van der Waals surface area contributed by atoms with E-state index < -0.39 is 75.5 Å². The van der Waals surface area contributed by atoms with Gasteiger partial charge in [0.05, 0.1) is 24.9 Å². The van der Waals surface area contributed by atoms with Crippen LogP contribution >= 0.6 is 11.6 Å². The molecule has 2 aromatic rings. The molecule has 0 radical (unpaired) electrons. The Morgan fingerprint density at radius 1 is 0.946 bits per heavy atom. The molecule has 37 heavy (non-hydrogen) atoms. The van der Waals surface area contributed by atoms with Crippen LogP contribution in [-0.4, -0.2) is 86.6 Å². The van der Waals surface area contributed by atoms with Gasteiger partial charge in [-0.25, -0.2) is 0 Å². The quantitative estimate of drug-likeness (QED) is 0.121. The molecule has 13 nitrogen and oxygen atoms in total. The summed E-state index contributed by atoms with van der Waals surface area (Å²) in [6.07, 6.45) is -2.05. The minimum absolute atomic E-state index is 0.0941. The van der Waals surface area contributed by atoms with E-state index in [-0.39, 0.29) is 30.0 Å². The highest BCUT2D eigenvalue weighted by Gasteiger charge is 2.47. The number of aromatic hydroxyl groups is 4. The van der Waals surface area contributed by atoms with Gasteiger partial charge >= 0.3 is 5.97 Å². The van der Waals surface area contributed by atoms with Gasteiger partial charge in [-0.3, -0.25) is 0 Å². The molecule has 1 saturated heterocycles. The van der Waals surface area contributed by atoms with Crippen LogP contribution < -0.4 is 4.74 Å². The van der Waals surface area contributed by atoms with Crippen molar-refractivity contribution in [2.24, 2.45) is 0 Å². The Bertz CT molecular complexity index is 1130. The van der Waals surface area contributed by atoms with Gasteiger partial charge in [-0.2, -0.15) is 0 Å². The second-order valence-electron chi connectivity index (χ2n) is 9.33. The number of aliphatic hydroxyl groups excluding tert-OH is 2. The van der Waals surface area contributed by atoms with E-state index in [0.717, 1.165) is 19.9 Å². The molecule has 14 heteroatoms. The van der Waals surface area contributed by atoms with E-state index in [1.54, 1.807) is 0 Å². The standard InChI is InChI=1S/C23H29ClO13/c1-21(2,31)23(34,35)37-20-18(29)16(27)15(17(28)19(20)30)22(32,33)12-5-9(3-4-13(12)24)14-7-10(26)6-11(8-25)36-14/h3-5,10-11,14,25-35H,6-8H2,1-2H3. The highest BCUT2D eigenvalue weighted by Crippen LogP contribution is 2.56. The van der Waals surface area contributed by atoms with E-state index >= 15 is 0 Å². The highest BCUT2D eigenvalue weighted by molar-refractivity contribution is 6.31. The number of halogens is 1. The largest absolute Gasteiger partial charge is 0.504 e. The van der Waals surface area contributed by atoms with Crippen LogP contribution in [0.1, 0.15) is 49.5 Å². The monoisotopic (exact) mass is 548 g/mol. The van der Waals surface area contributed by atoms with Gasteiger partial charge in [0, 0.05) is 23.4 Å². The molecule has 1 fully saturated rings. The van der Waals surface area contributed by atoms with Crippen molar-refractivity contribution in [2.45, 2.75) is 62.4 Å². The van der Waals surface area contributed by atoms with Crippen LogP contribution in [0.25, 0.3) is 0 Å². The summed E-state index contributed by atoms with van der Waals surface area (Å²) >= 11 is 6.15. The molecule has 3 atom stereocenters. The first kappa shape index (κ1) is 29.0. The molecule has 3 unspecified atom stereocenters. The van der Waals surface area contributed by atoms with Gasteiger partial charge in [0.1, 0.15) is 5.56 Å². The van der Waals surface area contributed by atoms with Crippen LogP contribution in [0.5, 0.6) is 28.7 Å². The number of benzene rings is 2. The van der Waals surface area contributed by atoms with Crippen molar-refractivity contribution in [3.05, 3.63) is 39.9 Å². The zero-order valence-corrected chi connectivity index (χ0v) is 20.5. The Morgan fingerprint density at radius 2 is 1.51 bits per heavy atom. The maximum absolute atomic E-state index is 11.0. The Kier molecular flexibility index (Phi) is 7.79. The summed E-state index contributed by atoms with van der Waals surface area (Å²) in [5.74, 6) is -13.9. The molecule has 0 saturated carbocycles. The third-order valence-electron chi connectivity index (χ3n) is 6.06. The Morgan fingerprint density at radius 3 is 2.03 bits per heavy atom. The average molecular weight is 549 g/mol. The summed E-state index contributed by atoms with van der Waals surface area (Å²) in [5.41, 5.74) is -3.93. The number of ether oxygens (including phenoxy) is 2. The van der Waals surface area contributed by atoms with Crippen LogP contribution in [-0.2, 0) is 10.5 Å². The number of phenols is 4. The Hall–Kier alpha value is -2.59. The second-order valence-corrected chi connectivity index (χ2v) is 9.74. The second kappa shape index (κ2) is 9.94. The number of hydrogen-bond acceptors (Lipinski definition) is 13. The summed E-state index contributed by atoms with van der Waals surface area (Å²) in [5, 5.41) is 113. The van der Waals surface area contributed by atoms with Crippen LogP contribution in [0, 0.1) is 0 Å². The van der Waals surface area contributed by atoms with Gasteiger partial charge in [-0.1, -0.05) is 17.7 Å². The first-order valence-electron chi connectivity index (χ1n) is 11.0. The summed E-state index contributed by atoms with van der Waals surface area (Å²) < 4.78 is 10.3. The van der Waals surface area contributed by atoms with Gasteiger partial charge in [-0.05, 0) is 31.5 Å². The molecule has 0 amide bonds. The molecular weight excluding hydrogens is 520 g/mol. The van der Waals surface area contributed by atoms with Crippen molar-refractivity contribution in [3.63, 3.8) is 0 Å². The molecule has 206 valence electrons. The van der Waals surface area contributed by atoms with E-state index in [9.17, 15) is 56.2 Å². The summed E-state index contributed by atoms with van der Waals surface area (Å²) in [4.78, 5) is 0. The van der Waals surface area contributed by atoms with Crippen LogP contribution in [0.15, 0.2) is 18.2 Å². The topological polar surface area (TPSA) is 241 Å². The van der Waals surface area contributed by atoms with Gasteiger partial charge in [0.25, 0.3) is 0 Å². The molecule has 11 N–H and O–H groups in total. The maximum Gasteiger partial charge on any atom is 0.352 e. The van der Waals surface area contributed by atoms with Crippen molar-refractivity contribution >= 4 is 11.6 Å². The van der Waals surface area contributed by atoms with E-state index in [1.165, 1.54) is 12.1 Å². The molecule has 1 aliphatic rings. The Labute approximate surface area is 215 Å². The first-order chi connectivity index (χ1) is 16.9. The SMILES string of the molecule is CC(C)(O)C(O)(O)Oc1c(O)c(O)c(C(O)(O)c2cc(C3CC(O)CC(CO)O3)ccc2Cl)c(O)c1O. The van der Waals surface area contributed by atoms with Crippen molar-refractivity contribution in [1.82, 2.24) is 0 Å². The van der Waals surface area contributed by atoms with E-state index in [1.807, 2.05) is 0 Å². The van der Waals surface area contributed by atoms with E-state index in [2.05, 4.69) is 4.74 Å². The Balaban J connectivity index is 2.11. The number of rotatable bonds is 7. The number of hydrogen-bond donors (Lipinski definition) is 11. The van der Waals surface area contributed by atoms with Gasteiger partial charge in [0.2, 0.25) is 23.0 Å². The summed E-state index contributed by atoms with van der Waals surface area (Å²) in [7, 11) is 0. The van der Waals surface area contributed by atoms with Crippen molar-refractivity contribution < 1.29 is 65.6 Å². The zero-order valence-electron chi connectivity index (χ0n) is 19.7. The third-order valence-corrected chi connectivity index (χ3v) is 6.39. The van der Waals surface area contributed by atoms with E-state index in [0.29, 0.717) is 0 Å². The van der Waals surface area contributed by atoms with Crippen molar-refractivity contribution in [1.29, 1.82) is 0 Å². The van der Waals surface area contributed by atoms with E-state index in [4.69, 9.17) is 16.3 Å². The lowest BCUT2D eigenvalue weighted by molar-refractivity contribution is -0.366. The molecule has 0 bridgehead atoms. The molecule has 0 spiro atoms. The molecule has 2 aromatic carbocycles. The predicted molar refractivity (Wildman–Crippen MR) is 124 cm³/mol. The van der Waals surface area contributed by atoms with Crippen molar-refractivity contribution in [2.75, 3.05) is 6.61 Å². The zero-order chi connectivity index (χ0) is 28.1. The molecule has 1 heterocycles. The normalized spacial score (nSPS) is 21.2. The fourth-order valence-electron chi connectivity index (χ4n) is 3.84. The first-order valence-corrected chi connectivity index (χ1v) is 11.4. The van der Waals surface area contributed by atoms with Gasteiger partial charge in [0.15, 0.2) is 17.1 Å². The molecule has 0 aromatic heterocycles. The van der Waals surface area contributed by atoms with Crippen LogP contribution in [0.2, 0.25) is 5.02 Å². The molecule has 1 aliphatic heterocycles. The molecule has 3 rings (SSSR count). The summed E-state index contributed by atoms with van der Waals surface area (Å²) in [6.45, 7) is 1.42. The third kappa shape index (κ3) is 5.36. The lowest BCUT2D eigenvalue weighted by atomic mass is 9.90. The lowest BCUT2D eigenvalue weighted by Gasteiger charge is -2.34. The number of aliphatic hydroxyl groups is 7. The fourth-order valence-corrected chi connectivity index (χ4v) is 4.09. The number of phenolic OH excluding ortho intramolecular Hbond substituents is 4. The van der Waals surface area contributed by atoms with Crippen LogP contribution in [0.4, 0.5) is 0 Å². The lowest BCUT2D eigenvalue weighted by Crippen LogP contribution is -2.54. The minimum atomic E-state index is -3.45. The minimum Gasteiger partial charge on any atom is -0.504 e. The smallest absolute Gasteiger partial charge is 0.352 e. The molecular formula is C23H29ClO13. The fraction of sp³-hybridized carbons (Fsp3) is 0.478. The molecule has 0 aliphatic carbocycles. The predicted octanol–water partition coefficient (Wildman–Crippen LogP) is -0.291. The van der Waals surface area contributed by atoms with Crippen molar-refractivity contribution in [3.8, 4) is 28.7 Å². The summed E-state index contributed by atoms with van der Waals surface area (Å²) in [6, 6.07) is 3.80. The van der Waals surface area contributed by atoms with Crippen LogP contribution in [0.3, 0.4) is 0 Å². The maximum atomic E-state index is 11.0. The van der Waals surface area contributed by atoms with Gasteiger partial charge in [-0.15, -0.1) is 0 Å².